The first kappa shape index (κ1) is 52.0. The molecule has 0 aromatic heterocycles. The minimum Gasteiger partial charge on any atom is -0.462 e. The summed E-state index contributed by atoms with van der Waals surface area (Å²) in [6.07, 6.45) is 41.6. The summed E-state index contributed by atoms with van der Waals surface area (Å²) < 4.78 is 34.2. The van der Waals surface area contributed by atoms with E-state index in [1.807, 2.05) is 21.1 Å². The fourth-order valence-electron chi connectivity index (χ4n) is 5.43. The smallest absolute Gasteiger partial charge is 0.462 e. The van der Waals surface area contributed by atoms with Gasteiger partial charge < -0.3 is 18.9 Å². The van der Waals surface area contributed by atoms with Gasteiger partial charge in [-0.15, -0.1) is 0 Å². The van der Waals surface area contributed by atoms with Gasteiger partial charge in [0, 0.05) is 12.8 Å². The van der Waals surface area contributed by atoms with E-state index in [2.05, 4.69) is 62.5 Å². The maximum absolute atomic E-state index is 12.7. The van der Waals surface area contributed by atoms with Gasteiger partial charge in [0.25, 0.3) is 0 Å². The highest BCUT2D eigenvalue weighted by Gasteiger charge is 2.27. The van der Waals surface area contributed by atoms with Crippen molar-refractivity contribution in [2.24, 2.45) is 0 Å². The highest BCUT2D eigenvalue weighted by Crippen LogP contribution is 2.43. The Balaban J connectivity index is 4.48. The molecule has 0 radical (unpaired) electrons. The molecule has 10 heteroatoms. The molecule has 0 spiro atoms. The van der Waals surface area contributed by atoms with Gasteiger partial charge in [-0.2, -0.15) is 0 Å². The fourth-order valence-corrected chi connectivity index (χ4v) is 6.17. The molecule has 0 aliphatic heterocycles. The maximum Gasteiger partial charge on any atom is 0.472 e. The third-order valence-corrected chi connectivity index (χ3v) is 9.82. The number of unbranched alkanes of at least 4 members (excludes halogenated alkanes) is 16. The summed E-state index contributed by atoms with van der Waals surface area (Å²) in [5, 5.41) is 0. The number of nitrogens with zero attached hydrogens (tertiary/aromatic N) is 1. The summed E-state index contributed by atoms with van der Waals surface area (Å²) in [7, 11) is 1.44. The standard InChI is InChI=1S/C44H80NO8P/c1-6-8-10-12-14-16-18-20-22-24-26-28-30-32-34-36-43(46)50-40-42(41-52-54(48,49)51-39-38-45(3,4)5)53-44(47)37-35-33-31-29-27-25-23-21-19-17-15-13-11-9-7-2/h14,16,20,22,26-29,42H,6-13,15,17-19,21,23-25,30-41H2,1-5H3/p+1/b16-14+,22-20+,28-26+,29-27+/t42-/m1/s1. The minimum absolute atomic E-state index is 0.0209. The van der Waals surface area contributed by atoms with E-state index in [0.717, 1.165) is 51.4 Å². The van der Waals surface area contributed by atoms with Gasteiger partial charge in [0.2, 0.25) is 0 Å². The molecular formula is C44H81NO8P+. The second-order valence-electron chi connectivity index (χ2n) is 15.4. The van der Waals surface area contributed by atoms with Crippen LogP contribution in [0.25, 0.3) is 0 Å². The lowest BCUT2D eigenvalue weighted by atomic mass is 10.1. The Bertz CT molecular complexity index is 1070. The molecule has 0 saturated heterocycles. The number of phosphoric ester groups is 1. The monoisotopic (exact) mass is 783 g/mol. The fraction of sp³-hybridized carbons (Fsp3) is 0.773. The Hall–Kier alpha value is -2.03. The van der Waals surface area contributed by atoms with Gasteiger partial charge in [-0.05, 0) is 77.0 Å². The number of quaternary nitrogens is 1. The second kappa shape index (κ2) is 36.6. The van der Waals surface area contributed by atoms with E-state index in [9.17, 15) is 19.0 Å². The summed E-state index contributed by atoms with van der Waals surface area (Å²) in [5.74, 6) is -0.871. The number of phosphoric acid groups is 1. The molecule has 1 unspecified atom stereocenters. The van der Waals surface area contributed by atoms with E-state index in [0.29, 0.717) is 23.9 Å². The van der Waals surface area contributed by atoms with Crippen molar-refractivity contribution < 1.29 is 42.1 Å². The Kier molecular flexibility index (Phi) is 35.2. The van der Waals surface area contributed by atoms with Crippen LogP contribution in [0.1, 0.15) is 168 Å². The number of rotatable bonds is 38. The van der Waals surface area contributed by atoms with Gasteiger partial charge in [-0.25, -0.2) is 4.57 Å². The highest BCUT2D eigenvalue weighted by molar-refractivity contribution is 7.47. The van der Waals surface area contributed by atoms with Crippen molar-refractivity contribution in [3.05, 3.63) is 48.6 Å². The third kappa shape index (κ3) is 39.7. The van der Waals surface area contributed by atoms with Crippen LogP contribution in [0.5, 0.6) is 0 Å². The largest absolute Gasteiger partial charge is 0.472 e. The van der Waals surface area contributed by atoms with Crippen LogP contribution >= 0.6 is 7.82 Å². The Morgan fingerprint density at radius 1 is 0.574 bits per heavy atom. The molecule has 9 nitrogen and oxygen atoms in total. The van der Waals surface area contributed by atoms with Crippen LogP contribution < -0.4 is 0 Å². The first-order chi connectivity index (χ1) is 26.0. The Morgan fingerprint density at radius 3 is 1.54 bits per heavy atom. The van der Waals surface area contributed by atoms with E-state index >= 15 is 0 Å². The van der Waals surface area contributed by atoms with E-state index in [4.69, 9.17) is 18.5 Å². The molecule has 0 aromatic rings. The minimum atomic E-state index is -4.39. The third-order valence-electron chi connectivity index (χ3n) is 8.83. The van der Waals surface area contributed by atoms with Crippen LogP contribution in [0.15, 0.2) is 48.6 Å². The van der Waals surface area contributed by atoms with Crippen molar-refractivity contribution in [3.63, 3.8) is 0 Å². The molecule has 0 fully saturated rings. The molecule has 0 aliphatic carbocycles. The molecule has 1 N–H and O–H groups in total. The Morgan fingerprint density at radius 2 is 1.00 bits per heavy atom. The van der Waals surface area contributed by atoms with E-state index in [-0.39, 0.29) is 26.1 Å². The summed E-state index contributed by atoms with van der Waals surface area (Å²) in [4.78, 5) is 35.3. The zero-order valence-corrected chi connectivity index (χ0v) is 36.1. The van der Waals surface area contributed by atoms with Gasteiger partial charge in [0.05, 0.1) is 27.7 Å². The summed E-state index contributed by atoms with van der Waals surface area (Å²) >= 11 is 0. The maximum atomic E-state index is 12.7. The van der Waals surface area contributed by atoms with Gasteiger partial charge in [0.1, 0.15) is 19.8 Å². The van der Waals surface area contributed by atoms with Crippen LogP contribution in [-0.2, 0) is 32.7 Å². The summed E-state index contributed by atoms with van der Waals surface area (Å²) in [6.45, 7) is 4.31. The van der Waals surface area contributed by atoms with Gasteiger partial charge in [0.15, 0.2) is 6.10 Å². The van der Waals surface area contributed by atoms with E-state index in [1.54, 1.807) is 0 Å². The molecule has 0 bridgehead atoms. The lowest BCUT2D eigenvalue weighted by molar-refractivity contribution is -0.870. The number of hydrogen-bond acceptors (Lipinski definition) is 7. The van der Waals surface area contributed by atoms with Crippen molar-refractivity contribution in [2.75, 3.05) is 47.5 Å². The lowest BCUT2D eigenvalue weighted by Gasteiger charge is -2.24. The topological polar surface area (TPSA) is 108 Å². The molecule has 0 aliphatic rings. The number of esters is 2. The molecule has 0 heterocycles. The quantitative estimate of drug-likeness (QED) is 0.0217. The first-order valence-electron chi connectivity index (χ1n) is 21.4. The predicted octanol–water partition coefficient (Wildman–Crippen LogP) is 11.9. The predicted molar refractivity (Wildman–Crippen MR) is 224 cm³/mol. The van der Waals surface area contributed by atoms with Crippen LogP contribution in [0.2, 0.25) is 0 Å². The lowest BCUT2D eigenvalue weighted by Crippen LogP contribution is -2.37. The Labute approximate surface area is 331 Å². The van der Waals surface area contributed by atoms with E-state index < -0.39 is 32.5 Å². The van der Waals surface area contributed by atoms with Crippen LogP contribution in [-0.4, -0.2) is 74.9 Å². The number of ether oxygens (including phenoxy) is 2. The number of hydrogen-bond donors (Lipinski definition) is 1. The zero-order valence-electron chi connectivity index (χ0n) is 35.2. The van der Waals surface area contributed by atoms with E-state index in [1.165, 1.54) is 77.0 Å². The average Bonchev–Trinajstić information content (AvgIpc) is 3.12. The van der Waals surface area contributed by atoms with Crippen molar-refractivity contribution in [3.8, 4) is 0 Å². The number of carbonyl (C=O) groups excluding carboxylic acids is 2. The van der Waals surface area contributed by atoms with Gasteiger partial charge >= 0.3 is 19.8 Å². The molecule has 314 valence electrons. The summed E-state index contributed by atoms with van der Waals surface area (Å²) in [5.41, 5.74) is 0. The van der Waals surface area contributed by atoms with Crippen molar-refractivity contribution in [1.82, 2.24) is 0 Å². The van der Waals surface area contributed by atoms with Gasteiger partial charge in [-0.3, -0.25) is 18.6 Å². The first-order valence-corrected chi connectivity index (χ1v) is 22.9. The highest BCUT2D eigenvalue weighted by atomic mass is 31.2. The van der Waals surface area contributed by atoms with Crippen LogP contribution in [0.4, 0.5) is 0 Å². The normalized spacial score (nSPS) is 14.1. The van der Waals surface area contributed by atoms with Crippen molar-refractivity contribution in [2.45, 2.75) is 174 Å². The summed E-state index contributed by atoms with van der Waals surface area (Å²) in [6, 6.07) is 0. The number of likely N-dealkylation sites (N-methyl/N-ethyl adjacent to an activating group) is 1. The molecule has 0 aromatic carbocycles. The molecule has 2 atom stereocenters. The zero-order chi connectivity index (χ0) is 40.0. The molecule has 0 saturated carbocycles. The second-order valence-corrected chi connectivity index (χ2v) is 16.8. The molecule has 54 heavy (non-hydrogen) atoms. The van der Waals surface area contributed by atoms with Crippen molar-refractivity contribution in [1.29, 1.82) is 0 Å². The SMILES string of the molecule is CCCCC/C=C/C/C=C/C/C=C/CCCCC(=O)OC[C@H](COP(=O)(O)OCC[N+](C)(C)C)OC(=O)CCCC/C=C/CCCCCCCCCCC. The van der Waals surface area contributed by atoms with Gasteiger partial charge in [-0.1, -0.05) is 127 Å². The van der Waals surface area contributed by atoms with Crippen LogP contribution in [0.3, 0.4) is 0 Å². The van der Waals surface area contributed by atoms with Crippen molar-refractivity contribution >= 4 is 19.8 Å². The number of allylic oxidation sites excluding steroid dienone is 8. The average molecular weight is 783 g/mol. The molecule has 0 amide bonds. The number of carbonyl (C=O) groups is 2. The van der Waals surface area contributed by atoms with Crippen LogP contribution in [0, 0.1) is 0 Å². The molecule has 0 rings (SSSR count). The molecular weight excluding hydrogens is 701 g/mol.